The van der Waals surface area contributed by atoms with E-state index in [0.29, 0.717) is 23.9 Å². The van der Waals surface area contributed by atoms with E-state index in [4.69, 9.17) is 0 Å². The summed E-state index contributed by atoms with van der Waals surface area (Å²) in [6.07, 6.45) is 3.62. The number of aromatic nitrogens is 2. The summed E-state index contributed by atoms with van der Waals surface area (Å²) in [7, 11) is 1.65. The van der Waals surface area contributed by atoms with Crippen molar-refractivity contribution < 1.29 is 14.4 Å². The molecule has 0 aliphatic carbocycles. The lowest BCUT2D eigenvalue weighted by Crippen LogP contribution is -2.44. The van der Waals surface area contributed by atoms with Crippen LogP contribution in [0.5, 0.6) is 0 Å². The number of aryl methyl sites for hydroxylation is 1. The van der Waals surface area contributed by atoms with E-state index in [1.807, 2.05) is 12.1 Å². The highest BCUT2D eigenvalue weighted by molar-refractivity contribution is 6.00. The first-order valence-electron chi connectivity index (χ1n) is 10.1. The summed E-state index contributed by atoms with van der Waals surface area (Å²) < 4.78 is 2.94. The Morgan fingerprint density at radius 3 is 2.67 bits per heavy atom. The number of carbonyl (C=O) groups is 3. The van der Waals surface area contributed by atoms with Crippen LogP contribution in [0.4, 0.5) is 0 Å². The van der Waals surface area contributed by atoms with Crippen molar-refractivity contribution in [3.05, 3.63) is 34.2 Å². The van der Waals surface area contributed by atoms with Gasteiger partial charge >= 0.3 is 5.69 Å². The van der Waals surface area contributed by atoms with Crippen molar-refractivity contribution in [2.75, 3.05) is 13.1 Å². The zero-order valence-corrected chi connectivity index (χ0v) is 16.9. The van der Waals surface area contributed by atoms with E-state index in [2.05, 4.69) is 22.5 Å². The van der Waals surface area contributed by atoms with Gasteiger partial charge in [-0.05, 0) is 50.6 Å². The van der Waals surface area contributed by atoms with Gasteiger partial charge in [0.05, 0.1) is 11.0 Å². The van der Waals surface area contributed by atoms with Gasteiger partial charge < -0.3 is 10.1 Å². The molecule has 0 saturated carbocycles. The second-order valence-electron chi connectivity index (χ2n) is 8.09. The molecule has 1 aromatic heterocycles. The van der Waals surface area contributed by atoms with Crippen molar-refractivity contribution in [3.8, 4) is 11.8 Å². The van der Waals surface area contributed by atoms with Crippen LogP contribution < -0.4 is 16.3 Å². The monoisotopic (exact) mass is 408 g/mol. The zero-order valence-electron chi connectivity index (χ0n) is 16.9. The molecule has 30 heavy (non-hydrogen) atoms. The number of rotatable bonds is 3. The summed E-state index contributed by atoms with van der Waals surface area (Å²) >= 11 is 0. The molecule has 3 heterocycles. The first kappa shape index (κ1) is 20.1. The Labute approximate surface area is 173 Å². The maximum atomic E-state index is 12.8. The SMILES string of the molecule is Cn1c(=O)n(C2CCC(=O)NC2=O)c2ccc(C#CCC3(C=O)CCNCC3)cc21. The van der Waals surface area contributed by atoms with Gasteiger partial charge in [-0.15, -0.1) is 0 Å². The average Bonchev–Trinajstić information content (AvgIpc) is 2.99. The molecular formula is C22H24N4O4. The number of hydrogen-bond donors (Lipinski definition) is 2. The van der Waals surface area contributed by atoms with Crippen LogP contribution in [-0.2, 0) is 21.4 Å². The van der Waals surface area contributed by atoms with Crippen LogP contribution in [0.3, 0.4) is 0 Å². The van der Waals surface area contributed by atoms with E-state index >= 15 is 0 Å². The first-order chi connectivity index (χ1) is 14.4. The van der Waals surface area contributed by atoms with Crippen LogP contribution in [0.15, 0.2) is 23.0 Å². The summed E-state index contributed by atoms with van der Waals surface area (Å²) in [5.41, 5.74) is 1.35. The number of amides is 2. The van der Waals surface area contributed by atoms with Crippen LogP contribution in [0, 0.1) is 17.3 Å². The number of fused-ring (bicyclic) bond motifs is 1. The van der Waals surface area contributed by atoms with Crippen molar-refractivity contribution >= 4 is 29.1 Å². The molecule has 2 aliphatic rings. The number of benzene rings is 1. The van der Waals surface area contributed by atoms with Gasteiger partial charge in [-0.2, -0.15) is 0 Å². The lowest BCUT2D eigenvalue weighted by atomic mass is 9.78. The third kappa shape index (κ3) is 3.57. The number of piperidine rings is 2. The highest BCUT2D eigenvalue weighted by atomic mass is 16.2. The van der Waals surface area contributed by atoms with Crippen LogP contribution in [0.1, 0.15) is 43.7 Å². The van der Waals surface area contributed by atoms with E-state index < -0.39 is 11.9 Å². The van der Waals surface area contributed by atoms with Gasteiger partial charge in [0.25, 0.3) is 0 Å². The number of nitrogens with zero attached hydrogens (tertiary/aromatic N) is 2. The van der Waals surface area contributed by atoms with Gasteiger partial charge in [0.15, 0.2) is 0 Å². The predicted molar refractivity (Wildman–Crippen MR) is 111 cm³/mol. The van der Waals surface area contributed by atoms with Gasteiger partial charge in [-0.25, -0.2) is 4.79 Å². The molecule has 0 bridgehead atoms. The molecule has 1 atom stereocenters. The van der Waals surface area contributed by atoms with Gasteiger partial charge in [0.1, 0.15) is 12.3 Å². The third-order valence-electron chi connectivity index (χ3n) is 6.13. The number of imide groups is 1. The molecule has 2 N–H and O–H groups in total. The third-order valence-corrected chi connectivity index (χ3v) is 6.13. The highest BCUT2D eigenvalue weighted by Gasteiger charge is 2.32. The van der Waals surface area contributed by atoms with Gasteiger partial charge in [-0.1, -0.05) is 11.8 Å². The quantitative estimate of drug-likeness (QED) is 0.441. The minimum Gasteiger partial charge on any atom is -0.317 e. The maximum absolute atomic E-state index is 12.8. The molecule has 1 unspecified atom stereocenters. The molecule has 2 aromatic rings. The Bertz CT molecular complexity index is 1140. The van der Waals surface area contributed by atoms with Gasteiger partial charge in [0, 0.05) is 30.9 Å². The Morgan fingerprint density at radius 2 is 1.97 bits per heavy atom. The van der Waals surface area contributed by atoms with Crippen molar-refractivity contribution in [2.24, 2.45) is 12.5 Å². The summed E-state index contributed by atoms with van der Waals surface area (Å²) in [4.78, 5) is 48.1. The van der Waals surface area contributed by atoms with Gasteiger partial charge in [-0.3, -0.25) is 24.0 Å². The molecule has 1 aromatic carbocycles. The van der Waals surface area contributed by atoms with E-state index in [-0.39, 0.29) is 23.4 Å². The molecular weight excluding hydrogens is 384 g/mol. The lowest BCUT2D eigenvalue weighted by molar-refractivity contribution is -0.135. The summed E-state index contributed by atoms with van der Waals surface area (Å²) in [5, 5.41) is 5.57. The minimum atomic E-state index is -0.705. The normalized spacial score (nSPS) is 21.0. The number of carbonyl (C=O) groups excluding carboxylic acids is 3. The molecule has 8 nitrogen and oxygen atoms in total. The molecule has 2 amide bonds. The van der Waals surface area contributed by atoms with Crippen LogP contribution in [0.2, 0.25) is 0 Å². The van der Waals surface area contributed by atoms with Crippen LogP contribution in [0.25, 0.3) is 11.0 Å². The Balaban J connectivity index is 1.64. The smallest absolute Gasteiger partial charge is 0.317 e. The number of nitrogens with one attached hydrogen (secondary N) is 2. The van der Waals surface area contributed by atoms with Gasteiger partial charge in [0.2, 0.25) is 11.8 Å². The van der Waals surface area contributed by atoms with E-state index in [1.54, 1.807) is 13.1 Å². The number of hydrogen-bond acceptors (Lipinski definition) is 5. The van der Waals surface area contributed by atoms with Crippen LogP contribution in [-0.4, -0.2) is 40.3 Å². The van der Waals surface area contributed by atoms with E-state index in [1.165, 1.54) is 9.13 Å². The number of imidazole rings is 1. The van der Waals surface area contributed by atoms with Crippen molar-refractivity contribution in [3.63, 3.8) is 0 Å². The summed E-state index contributed by atoms with van der Waals surface area (Å²) in [6, 6.07) is 4.71. The maximum Gasteiger partial charge on any atom is 0.329 e. The summed E-state index contributed by atoms with van der Waals surface area (Å²) in [6.45, 7) is 1.64. The first-order valence-corrected chi connectivity index (χ1v) is 10.1. The van der Waals surface area contributed by atoms with E-state index in [9.17, 15) is 19.2 Å². The van der Waals surface area contributed by atoms with Crippen molar-refractivity contribution in [1.29, 1.82) is 0 Å². The van der Waals surface area contributed by atoms with Crippen molar-refractivity contribution in [2.45, 2.75) is 38.1 Å². The fraction of sp³-hybridized carbons (Fsp3) is 0.455. The predicted octanol–water partition coefficient (Wildman–Crippen LogP) is 0.628. The zero-order chi connectivity index (χ0) is 21.3. The fourth-order valence-corrected chi connectivity index (χ4v) is 4.25. The standard InChI is InChI=1S/C22H24N4O4/c1-25-18-13-15(3-2-8-22(14-27)9-11-23-12-10-22)4-5-16(18)26(21(25)30)17-6-7-19(28)24-20(17)29/h4-5,13-14,17,23H,6-12H2,1H3,(H,24,28,29). The Kier molecular flexibility index (Phi) is 5.31. The fourth-order valence-electron chi connectivity index (χ4n) is 4.25. The van der Waals surface area contributed by atoms with Crippen LogP contribution >= 0.6 is 0 Å². The minimum absolute atomic E-state index is 0.205. The average molecular weight is 408 g/mol. The molecule has 2 saturated heterocycles. The highest BCUT2D eigenvalue weighted by Crippen LogP contribution is 2.29. The molecule has 0 spiro atoms. The second kappa shape index (κ2) is 7.92. The molecule has 2 aliphatic heterocycles. The van der Waals surface area contributed by atoms with E-state index in [0.717, 1.165) is 37.8 Å². The second-order valence-corrected chi connectivity index (χ2v) is 8.09. The lowest BCUT2D eigenvalue weighted by Gasteiger charge is -2.30. The molecule has 2 fully saturated rings. The molecule has 156 valence electrons. The summed E-state index contributed by atoms with van der Waals surface area (Å²) in [5.74, 6) is 5.49. The largest absolute Gasteiger partial charge is 0.329 e. The Hall–Kier alpha value is -3.18. The Morgan fingerprint density at radius 1 is 1.20 bits per heavy atom. The molecule has 0 radical (unpaired) electrons. The topological polar surface area (TPSA) is 102 Å². The van der Waals surface area contributed by atoms with Crippen molar-refractivity contribution in [1.82, 2.24) is 19.8 Å². The molecule has 4 rings (SSSR count). The molecule has 8 heteroatoms. The number of aldehydes is 1.